The van der Waals surface area contributed by atoms with Crippen LogP contribution in [0.25, 0.3) is 0 Å². The van der Waals surface area contributed by atoms with E-state index in [0.717, 1.165) is 17.7 Å². The summed E-state index contributed by atoms with van der Waals surface area (Å²) < 4.78 is 0. The van der Waals surface area contributed by atoms with Gasteiger partial charge in [-0.1, -0.05) is 38.3 Å². The minimum atomic E-state index is 0.845. The van der Waals surface area contributed by atoms with E-state index in [1.165, 1.54) is 32.1 Å². The highest BCUT2D eigenvalue weighted by Gasteiger charge is 2.30. The summed E-state index contributed by atoms with van der Waals surface area (Å²) in [7, 11) is 2.41. The predicted octanol–water partition coefficient (Wildman–Crippen LogP) is 3.98. The van der Waals surface area contributed by atoms with Crippen LogP contribution in [0.5, 0.6) is 0 Å². The van der Waals surface area contributed by atoms with Gasteiger partial charge in [0.15, 0.2) is 0 Å². The van der Waals surface area contributed by atoms with E-state index in [9.17, 15) is 0 Å². The Kier molecular flexibility index (Phi) is 4.95. The first-order valence-electron chi connectivity index (χ1n) is 6.86. The quantitative estimate of drug-likeness (QED) is 0.471. The van der Waals surface area contributed by atoms with Crippen LogP contribution in [0, 0.1) is 11.8 Å². The van der Waals surface area contributed by atoms with Crippen molar-refractivity contribution in [3.63, 3.8) is 0 Å². The van der Waals surface area contributed by atoms with Gasteiger partial charge in [-0.2, -0.15) is 0 Å². The summed E-state index contributed by atoms with van der Waals surface area (Å²) in [6.07, 6.45) is 6.83. The number of rotatable bonds is 5. The van der Waals surface area contributed by atoms with E-state index in [2.05, 4.69) is 35.5 Å². The molecular weight excluding hydrogens is 179 g/mol. The zero-order chi connectivity index (χ0) is 11.4. The lowest BCUT2D eigenvalue weighted by molar-refractivity contribution is 0.456. The first kappa shape index (κ1) is 12.9. The second-order valence-electron chi connectivity index (χ2n) is 5.27. The van der Waals surface area contributed by atoms with Crippen molar-refractivity contribution in [2.75, 3.05) is 0 Å². The maximum Gasteiger partial charge on any atom is 0.110 e. The largest absolute Gasteiger partial charge is 0.110 e. The van der Waals surface area contributed by atoms with E-state index < -0.39 is 0 Å². The van der Waals surface area contributed by atoms with E-state index in [0.29, 0.717) is 0 Å². The smallest absolute Gasteiger partial charge is 0.0784 e. The van der Waals surface area contributed by atoms with Crippen LogP contribution in [-0.4, -0.2) is 7.85 Å². The molecule has 0 spiro atoms. The highest BCUT2D eigenvalue weighted by molar-refractivity contribution is 6.14. The van der Waals surface area contributed by atoms with Gasteiger partial charge in [0.1, 0.15) is 7.85 Å². The number of hydrogen-bond donors (Lipinski definition) is 0. The normalized spacial score (nSPS) is 26.7. The summed E-state index contributed by atoms with van der Waals surface area (Å²) in [5.41, 5.74) is 3.57. The van der Waals surface area contributed by atoms with Crippen LogP contribution in [0.15, 0.2) is 11.1 Å². The maximum atomic E-state index is 2.41. The minimum absolute atomic E-state index is 0.845. The van der Waals surface area contributed by atoms with Gasteiger partial charge >= 0.3 is 0 Å². The molecule has 0 aromatic rings. The third kappa shape index (κ3) is 2.68. The fourth-order valence-corrected chi connectivity index (χ4v) is 3.34. The van der Waals surface area contributed by atoms with Crippen molar-refractivity contribution in [3.05, 3.63) is 11.1 Å². The predicted molar refractivity (Wildman–Crippen MR) is 72.1 cm³/mol. The molecule has 2 atom stereocenters. The van der Waals surface area contributed by atoms with Crippen molar-refractivity contribution in [1.29, 1.82) is 0 Å². The maximum absolute atomic E-state index is 2.41. The molecule has 1 aliphatic rings. The van der Waals surface area contributed by atoms with Crippen LogP contribution in [0.1, 0.15) is 59.8 Å². The molecule has 0 saturated heterocycles. The fourth-order valence-electron chi connectivity index (χ4n) is 3.34. The van der Waals surface area contributed by atoms with Crippen molar-refractivity contribution in [3.8, 4) is 0 Å². The summed E-state index contributed by atoms with van der Waals surface area (Å²) in [6.45, 7) is 9.40. The Morgan fingerprint density at radius 3 is 2.33 bits per heavy atom. The standard InChI is InChI=1S/C14H27B/c1-5-8-12-9-13(15)10(4)14(12)11(6-2)7-3/h11-13H,5-9,15H2,1-4H3. The Bertz CT molecular complexity index is 225. The molecule has 0 amide bonds. The summed E-state index contributed by atoms with van der Waals surface area (Å²) in [6, 6.07) is 0. The van der Waals surface area contributed by atoms with Gasteiger partial charge in [0.05, 0.1) is 0 Å². The van der Waals surface area contributed by atoms with Gasteiger partial charge < -0.3 is 0 Å². The summed E-state index contributed by atoms with van der Waals surface area (Å²) in [5.74, 6) is 2.62. The first-order chi connectivity index (χ1) is 7.15. The highest BCUT2D eigenvalue weighted by Crippen LogP contribution is 2.45. The van der Waals surface area contributed by atoms with Gasteiger partial charge in [0.2, 0.25) is 0 Å². The summed E-state index contributed by atoms with van der Waals surface area (Å²) in [5, 5.41) is 0. The Balaban J connectivity index is 2.86. The van der Waals surface area contributed by atoms with Crippen molar-refractivity contribution in [2.45, 2.75) is 65.6 Å². The molecule has 0 fully saturated rings. The van der Waals surface area contributed by atoms with Gasteiger partial charge in [0, 0.05) is 0 Å². The van der Waals surface area contributed by atoms with E-state index in [-0.39, 0.29) is 0 Å². The van der Waals surface area contributed by atoms with E-state index >= 15 is 0 Å². The molecule has 1 rings (SSSR count). The monoisotopic (exact) mass is 206 g/mol. The molecule has 0 aromatic carbocycles. The zero-order valence-electron chi connectivity index (χ0n) is 11.3. The lowest BCUT2D eigenvalue weighted by atomic mass is 9.81. The molecule has 1 heteroatoms. The highest BCUT2D eigenvalue weighted by atomic mass is 14.3. The number of allylic oxidation sites excluding steroid dienone is 2. The Morgan fingerprint density at radius 2 is 1.87 bits per heavy atom. The van der Waals surface area contributed by atoms with Gasteiger partial charge in [-0.25, -0.2) is 0 Å². The molecule has 2 unspecified atom stereocenters. The first-order valence-corrected chi connectivity index (χ1v) is 6.86. The Hall–Kier alpha value is -0.195. The van der Waals surface area contributed by atoms with Crippen LogP contribution in [0.4, 0.5) is 0 Å². The zero-order valence-corrected chi connectivity index (χ0v) is 11.3. The van der Waals surface area contributed by atoms with E-state index in [1.807, 2.05) is 5.57 Å². The van der Waals surface area contributed by atoms with E-state index in [4.69, 9.17) is 0 Å². The molecule has 0 nitrogen and oxygen atoms in total. The second kappa shape index (κ2) is 5.77. The lowest BCUT2D eigenvalue weighted by Gasteiger charge is -2.22. The van der Waals surface area contributed by atoms with Crippen molar-refractivity contribution < 1.29 is 0 Å². The van der Waals surface area contributed by atoms with Crippen LogP contribution in [0.3, 0.4) is 0 Å². The molecule has 0 saturated carbocycles. The molecular formula is C14H27B. The number of hydrogen-bond acceptors (Lipinski definition) is 0. The lowest BCUT2D eigenvalue weighted by Crippen LogP contribution is -2.09. The van der Waals surface area contributed by atoms with Crippen LogP contribution < -0.4 is 0 Å². The van der Waals surface area contributed by atoms with Crippen LogP contribution >= 0.6 is 0 Å². The van der Waals surface area contributed by atoms with Crippen LogP contribution in [0.2, 0.25) is 5.82 Å². The van der Waals surface area contributed by atoms with Crippen molar-refractivity contribution in [1.82, 2.24) is 0 Å². The summed E-state index contributed by atoms with van der Waals surface area (Å²) >= 11 is 0. The molecule has 86 valence electrons. The van der Waals surface area contributed by atoms with Gasteiger partial charge in [-0.15, -0.1) is 0 Å². The van der Waals surface area contributed by atoms with Gasteiger partial charge in [-0.05, 0) is 50.3 Å². The second-order valence-corrected chi connectivity index (χ2v) is 5.27. The molecule has 0 N–H and O–H groups in total. The topological polar surface area (TPSA) is 0 Å². The Labute approximate surface area is 96.9 Å². The molecule has 0 aromatic heterocycles. The Morgan fingerprint density at radius 1 is 1.27 bits per heavy atom. The van der Waals surface area contributed by atoms with Crippen molar-refractivity contribution >= 4 is 7.85 Å². The molecule has 0 radical (unpaired) electrons. The molecule has 1 aliphatic carbocycles. The molecule has 0 bridgehead atoms. The molecule has 15 heavy (non-hydrogen) atoms. The third-order valence-electron chi connectivity index (χ3n) is 4.34. The fraction of sp³-hybridized carbons (Fsp3) is 0.857. The molecule has 0 heterocycles. The van der Waals surface area contributed by atoms with Gasteiger partial charge in [0.25, 0.3) is 0 Å². The average molecular weight is 206 g/mol. The van der Waals surface area contributed by atoms with Crippen LogP contribution in [-0.2, 0) is 0 Å². The summed E-state index contributed by atoms with van der Waals surface area (Å²) in [4.78, 5) is 0. The van der Waals surface area contributed by atoms with Gasteiger partial charge in [-0.3, -0.25) is 0 Å². The van der Waals surface area contributed by atoms with E-state index in [1.54, 1.807) is 5.57 Å². The average Bonchev–Trinajstić information content (AvgIpc) is 2.48. The minimum Gasteiger partial charge on any atom is -0.0784 e. The SMILES string of the molecule is BC1CC(CCC)C(C(CC)CC)=C1C. The molecule has 0 aliphatic heterocycles. The third-order valence-corrected chi connectivity index (χ3v) is 4.34. The van der Waals surface area contributed by atoms with Crippen molar-refractivity contribution in [2.24, 2.45) is 11.8 Å².